The third kappa shape index (κ3) is 2.81. The van der Waals surface area contributed by atoms with E-state index in [2.05, 4.69) is 15.9 Å². The second-order valence-electron chi connectivity index (χ2n) is 4.17. The number of aliphatic hydroxyl groups is 1. The fourth-order valence-electron chi connectivity index (χ4n) is 1.76. The average Bonchev–Trinajstić information content (AvgIpc) is 2.35. The molecule has 0 saturated carbocycles. The van der Waals surface area contributed by atoms with Crippen LogP contribution < -0.4 is 0 Å². The fraction of sp³-hybridized carbons (Fsp3) is 0.143. The van der Waals surface area contributed by atoms with Crippen LogP contribution in [-0.2, 0) is 0 Å². The highest BCUT2D eigenvalue weighted by Gasteiger charge is 2.21. The molecule has 0 aromatic heterocycles. The van der Waals surface area contributed by atoms with Crippen LogP contribution in [0.4, 0.5) is 8.78 Å². The van der Waals surface area contributed by atoms with Crippen molar-refractivity contribution in [2.75, 3.05) is 0 Å². The van der Waals surface area contributed by atoms with E-state index in [9.17, 15) is 13.9 Å². The molecule has 5 heteroatoms. The van der Waals surface area contributed by atoms with Crippen molar-refractivity contribution in [2.24, 2.45) is 0 Å². The molecular formula is C14H10BrClF2O. The molecule has 0 radical (unpaired) electrons. The molecule has 1 atom stereocenters. The van der Waals surface area contributed by atoms with Gasteiger partial charge >= 0.3 is 0 Å². The van der Waals surface area contributed by atoms with Gasteiger partial charge in [0.15, 0.2) is 11.6 Å². The van der Waals surface area contributed by atoms with Crippen LogP contribution >= 0.6 is 27.5 Å². The molecule has 1 N–H and O–H groups in total. The summed E-state index contributed by atoms with van der Waals surface area (Å²) < 4.78 is 28.1. The first-order valence-corrected chi connectivity index (χ1v) is 6.66. The van der Waals surface area contributed by atoms with Gasteiger partial charge in [-0.15, -0.1) is 0 Å². The van der Waals surface area contributed by atoms with Gasteiger partial charge in [0.25, 0.3) is 0 Å². The van der Waals surface area contributed by atoms with Gasteiger partial charge in [-0.25, -0.2) is 8.78 Å². The lowest BCUT2D eigenvalue weighted by Gasteiger charge is -2.15. The fourth-order valence-corrected chi connectivity index (χ4v) is 2.54. The van der Waals surface area contributed by atoms with Gasteiger partial charge in [0, 0.05) is 20.6 Å². The van der Waals surface area contributed by atoms with Crippen molar-refractivity contribution >= 4 is 27.5 Å². The highest BCUT2D eigenvalue weighted by atomic mass is 79.9. The Morgan fingerprint density at radius 2 is 1.74 bits per heavy atom. The number of aryl methyl sites for hydroxylation is 1. The molecule has 1 nitrogen and oxygen atoms in total. The second kappa shape index (κ2) is 5.57. The highest BCUT2D eigenvalue weighted by Crippen LogP contribution is 2.32. The minimum absolute atomic E-state index is 0.132. The van der Waals surface area contributed by atoms with Crippen LogP contribution in [0.5, 0.6) is 0 Å². The van der Waals surface area contributed by atoms with Gasteiger partial charge in [0.05, 0.1) is 0 Å². The van der Waals surface area contributed by atoms with E-state index in [-0.39, 0.29) is 16.1 Å². The summed E-state index contributed by atoms with van der Waals surface area (Å²) in [6.45, 7) is 1.46. The molecule has 0 aliphatic heterocycles. The zero-order chi connectivity index (χ0) is 14.2. The maximum Gasteiger partial charge on any atom is 0.165 e. The van der Waals surface area contributed by atoms with E-state index >= 15 is 0 Å². The van der Waals surface area contributed by atoms with Crippen molar-refractivity contribution in [1.82, 2.24) is 0 Å². The van der Waals surface area contributed by atoms with Gasteiger partial charge in [0.2, 0.25) is 0 Å². The zero-order valence-corrected chi connectivity index (χ0v) is 12.3. The normalized spacial score (nSPS) is 12.5. The molecule has 2 aromatic carbocycles. The molecule has 0 aliphatic rings. The summed E-state index contributed by atoms with van der Waals surface area (Å²) in [7, 11) is 0. The Bertz CT molecular complexity index is 631. The summed E-state index contributed by atoms with van der Waals surface area (Å²) in [5.74, 6) is -2.00. The van der Waals surface area contributed by atoms with Crippen molar-refractivity contribution < 1.29 is 13.9 Å². The second-order valence-corrected chi connectivity index (χ2v) is 5.49. The summed E-state index contributed by atoms with van der Waals surface area (Å²) in [5.41, 5.74) is 0.384. The van der Waals surface area contributed by atoms with Crippen molar-refractivity contribution in [3.63, 3.8) is 0 Å². The Morgan fingerprint density at radius 3 is 2.37 bits per heavy atom. The molecule has 0 saturated heterocycles. The first-order chi connectivity index (χ1) is 8.91. The summed E-state index contributed by atoms with van der Waals surface area (Å²) in [6, 6.07) is 7.60. The van der Waals surface area contributed by atoms with Crippen LogP contribution in [0.25, 0.3) is 0 Å². The minimum atomic E-state index is -1.31. The highest BCUT2D eigenvalue weighted by molar-refractivity contribution is 9.10. The van der Waals surface area contributed by atoms with Crippen LogP contribution in [-0.4, -0.2) is 5.11 Å². The van der Waals surface area contributed by atoms with E-state index in [1.807, 2.05) is 0 Å². The van der Waals surface area contributed by atoms with Crippen LogP contribution in [0.2, 0.25) is 5.02 Å². The molecule has 0 heterocycles. The smallest absolute Gasteiger partial charge is 0.165 e. The molecule has 2 rings (SSSR count). The van der Waals surface area contributed by atoms with Crippen molar-refractivity contribution in [3.8, 4) is 0 Å². The number of halogens is 4. The summed E-state index contributed by atoms with van der Waals surface area (Å²) in [4.78, 5) is 0. The molecule has 2 aromatic rings. The maximum absolute atomic E-state index is 13.8. The molecule has 100 valence electrons. The minimum Gasteiger partial charge on any atom is -0.383 e. The lowest BCUT2D eigenvalue weighted by atomic mass is 9.99. The first-order valence-electron chi connectivity index (χ1n) is 5.49. The Kier molecular flexibility index (Phi) is 4.23. The molecule has 0 fully saturated rings. The molecule has 0 aliphatic carbocycles. The molecule has 19 heavy (non-hydrogen) atoms. The number of aliphatic hydroxyl groups excluding tert-OH is 1. The Morgan fingerprint density at radius 1 is 1.11 bits per heavy atom. The molecule has 0 bridgehead atoms. The molecule has 0 spiro atoms. The van der Waals surface area contributed by atoms with E-state index < -0.39 is 17.7 Å². The number of benzene rings is 2. The van der Waals surface area contributed by atoms with Gasteiger partial charge in [-0.2, -0.15) is 0 Å². The van der Waals surface area contributed by atoms with Crippen LogP contribution in [0.3, 0.4) is 0 Å². The van der Waals surface area contributed by atoms with E-state index in [0.717, 1.165) is 4.47 Å². The summed E-state index contributed by atoms with van der Waals surface area (Å²) >= 11 is 9.23. The predicted molar refractivity (Wildman–Crippen MR) is 74.3 cm³/mol. The first kappa shape index (κ1) is 14.4. The predicted octanol–water partition coefficient (Wildman–Crippen LogP) is 4.77. The lowest BCUT2D eigenvalue weighted by molar-refractivity contribution is 0.213. The number of hydrogen-bond acceptors (Lipinski definition) is 1. The van der Waals surface area contributed by atoms with E-state index in [1.165, 1.54) is 19.1 Å². The Labute approximate surface area is 123 Å². The average molecular weight is 348 g/mol. The van der Waals surface area contributed by atoms with E-state index in [0.29, 0.717) is 5.56 Å². The van der Waals surface area contributed by atoms with Gasteiger partial charge in [-0.1, -0.05) is 45.7 Å². The lowest BCUT2D eigenvalue weighted by Crippen LogP contribution is -2.06. The molecule has 0 amide bonds. The van der Waals surface area contributed by atoms with Crippen LogP contribution in [0.1, 0.15) is 22.8 Å². The monoisotopic (exact) mass is 346 g/mol. The summed E-state index contributed by atoms with van der Waals surface area (Å²) in [6.07, 6.45) is -1.31. The van der Waals surface area contributed by atoms with Gasteiger partial charge in [-0.05, 0) is 24.6 Å². The zero-order valence-electron chi connectivity index (χ0n) is 9.92. The van der Waals surface area contributed by atoms with Crippen molar-refractivity contribution in [3.05, 3.63) is 68.2 Å². The maximum atomic E-state index is 13.8. The van der Waals surface area contributed by atoms with Gasteiger partial charge < -0.3 is 5.11 Å². The summed E-state index contributed by atoms with van der Waals surface area (Å²) in [5, 5.41) is 10.4. The number of hydrogen-bond donors (Lipinski definition) is 1. The molecular weight excluding hydrogens is 338 g/mol. The van der Waals surface area contributed by atoms with Gasteiger partial charge in [-0.3, -0.25) is 0 Å². The SMILES string of the molecule is Cc1ccc(C(O)c2ccc(Br)cc2Cl)c(F)c1F. The Hall–Kier alpha value is -0.970. The topological polar surface area (TPSA) is 20.2 Å². The van der Waals surface area contributed by atoms with Crippen LogP contribution in [0.15, 0.2) is 34.8 Å². The molecule has 1 unspecified atom stereocenters. The quantitative estimate of drug-likeness (QED) is 0.829. The third-order valence-electron chi connectivity index (χ3n) is 2.86. The van der Waals surface area contributed by atoms with E-state index in [4.69, 9.17) is 11.6 Å². The van der Waals surface area contributed by atoms with Crippen molar-refractivity contribution in [2.45, 2.75) is 13.0 Å². The third-order valence-corrected chi connectivity index (χ3v) is 3.68. The van der Waals surface area contributed by atoms with Crippen LogP contribution in [0, 0.1) is 18.6 Å². The standard InChI is InChI=1S/C14H10BrClF2O/c1-7-2-4-10(13(18)12(7)17)14(19)9-5-3-8(15)6-11(9)16/h2-6,14,19H,1H3. The van der Waals surface area contributed by atoms with E-state index in [1.54, 1.807) is 18.2 Å². The van der Waals surface area contributed by atoms with Crippen molar-refractivity contribution in [1.29, 1.82) is 0 Å². The van der Waals surface area contributed by atoms with Gasteiger partial charge in [0.1, 0.15) is 6.10 Å². The largest absolute Gasteiger partial charge is 0.383 e. The Balaban J connectivity index is 2.50. The number of rotatable bonds is 2.